The fourth-order valence-corrected chi connectivity index (χ4v) is 2.35. The minimum Gasteiger partial charge on any atom is -0.481 e. The lowest BCUT2D eigenvalue weighted by Gasteiger charge is -2.23. The van der Waals surface area contributed by atoms with E-state index in [1.165, 1.54) is 4.90 Å². The predicted octanol–water partition coefficient (Wildman–Crippen LogP) is 3.61. The summed E-state index contributed by atoms with van der Waals surface area (Å²) in [6, 6.07) is 10.9. The van der Waals surface area contributed by atoms with Crippen LogP contribution in [0.15, 0.2) is 48.7 Å². The zero-order chi connectivity index (χ0) is 19.2. The maximum absolute atomic E-state index is 12.6. The van der Waals surface area contributed by atoms with Gasteiger partial charge < -0.3 is 10.0 Å². The number of halogens is 3. The largest absolute Gasteiger partial charge is 0.481 e. The summed E-state index contributed by atoms with van der Waals surface area (Å²) in [7, 11) is 0. The molecule has 0 fully saturated rings. The Bertz CT molecular complexity index is 747. The molecular formula is C18H17F3N2O3. The van der Waals surface area contributed by atoms with Crippen LogP contribution < -0.4 is 0 Å². The average molecular weight is 366 g/mol. The van der Waals surface area contributed by atoms with Crippen molar-refractivity contribution in [3.63, 3.8) is 0 Å². The van der Waals surface area contributed by atoms with Crippen LogP contribution >= 0.6 is 0 Å². The molecule has 0 aliphatic heterocycles. The fourth-order valence-electron chi connectivity index (χ4n) is 2.35. The molecule has 1 N–H and O–H groups in total. The fraction of sp³-hybridized carbons (Fsp3) is 0.278. The Labute approximate surface area is 148 Å². The van der Waals surface area contributed by atoms with Crippen LogP contribution in [0.25, 0.3) is 0 Å². The number of pyridine rings is 1. The summed E-state index contributed by atoms with van der Waals surface area (Å²) in [4.78, 5) is 28.0. The third kappa shape index (κ3) is 5.58. The smallest absolute Gasteiger partial charge is 0.433 e. The second-order valence-electron chi connectivity index (χ2n) is 5.64. The molecule has 2 aromatic rings. The number of amides is 1. The van der Waals surface area contributed by atoms with Gasteiger partial charge in [0.2, 0.25) is 0 Å². The summed E-state index contributed by atoms with van der Waals surface area (Å²) >= 11 is 0. The van der Waals surface area contributed by atoms with Crippen LogP contribution in [-0.4, -0.2) is 33.4 Å². The normalized spacial score (nSPS) is 11.2. The molecule has 2 rings (SSSR count). The van der Waals surface area contributed by atoms with Crippen molar-refractivity contribution in [3.8, 4) is 0 Å². The van der Waals surface area contributed by atoms with Gasteiger partial charge in [0.15, 0.2) is 0 Å². The number of nitrogens with zero attached hydrogens (tertiary/aromatic N) is 2. The second kappa shape index (κ2) is 8.46. The van der Waals surface area contributed by atoms with Gasteiger partial charge in [0.05, 0.1) is 5.56 Å². The number of carboxylic acids is 1. The van der Waals surface area contributed by atoms with Crippen LogP contribution in [-0.2, 0) is 17.5 Å². The van der Waals surface area contributed by atoms with Gasteiger partial charge in [0, 0.05) is 25.7 Å². The molecule has 138 valence electrons. The van der Waals surface area contributed by atoms with Gasteiger partial charge >= 0.3 is 12.1 Å². The molecule has 0 spiro atoms. The molecule has 1 heterocycles. The predicted molar refractivity (Wildman–Crippen MR) is 87.3 cm³/mol. The molecule has 0 aliphatic carbocycles. The molecule has 0 saturated heterocycles. The second-order valence-corrected chi connectivity index (χ2v) is 5.64. The van der Waals surface area contributed by atoms with E-state index in [4.69, 9.17) is 5.11 Å². The number of hydrogen-bond donors (Lipinski definition) is 1. The lowest BCUT2D eigenvalue weighted by atomic mass is 10.1. The SMILES string of the molecule is O=C(O)CCCN(Cc1ccccc1)C(=O)c1ccc(C(F)(F)F)nc1. The van der Waals surface area contributed by atoms with Gasteiger partial charge in [-0.2, -0.15) is 13.2 Å². The number of rotatable bonds is 7. The summed E-state index contributed by atoms with van der Waals surface area (Å²) in [6.07, 6.45) is -3.56. The first-order valence-electron chi connectivity index (χ1n) is 7.85. The van der Waals surface area contributed by atoms with Crippen molar-refractivity contribution in [3.05, 3.63) is 65.5 Å². The summed E-state index contributed by atoms with van der Waals surface area (Å²) in [5, 5.41) is 8.76. The van der Waals surface area contributed by atoms with Crippen molar-refractivity contribution >= 4 is 11.9 Å². The molecule has 0 unspecified atom stereocenters. The van der Waals surface area contributed by atoms with Crippen LogP contribution in [0, 0.1) is 0 Å². The first-order valence-corrected chi connectivity index (χ1v) is 7.85. The Morgan fingerprint density at radius 2 is 1.77 bits per heavy atom. The summed E-state index contributed by atoms with van der Waals surface area (Å²) in [5.74, 6) is -1.48. The molecule has 0 atom stereocenters. The van der Waals surface area contributed by atoms with E-state index in [2.05, 4.69) is 4.98 Å². The number of aliphatic carboxylic acids is 1. The molecule has 1 amide bonds. The highest BCUT2D eigenvalue weighted by Crippen LogP contribution is 2.27. The molecule has 8 heteroatoms. The van der Waals surface area contributed by atoms with Gasteiger partial charge in [-0.25, -0.2) is 0 Å². The number of benzene rings is 1. The minimum absolute atomic E-state index is 0.0178. The number of hydrogen-bond acceptors (Lipinski definition) is 3. The molecule has 1 aromatic heterocycles. The van der Waals surface area contributed by atoms with E-state index in [1.807, 2.05) is 18.2 Å². The van der Waals surface area contributed by atoms with Gasteiger partial charge in [0.25, 0.3) is 5.91 Å². The molecule has 1 aromatic carbocycles. The highest BCUT2D eigenvalue weighted by molar-refractivity contribution is 5.93. The summed E-state index contributed by atoms with van der Waals surface area (Å²) < 4.78 is 37.8. The van der Waals surface area contributed by atoms with E-state index >= 15 is 0 Å². The van der Waals surface area contributed by atoms with E-state index in [9.17, 15) is 22.8 Å². The Balaban J connectivity index is 2.16. The molecular weight excluding hydrogens is 349 g/mol. The van der Waals surface area contributed by atoms with E-state index in [0.29, 0.717) is 0 Å². The number of aromatic nitrogens is 1. The van der Waals surface area contributed by atoms with E-state index in [-0.39, 0.29) is 31.5 Å². The molecule has 0 radical (unpaired) electrons. The van der Waals surface area contributed by atoms with E-state index < -0.39 is 23.7 Å². The molecule has 0 aliphatic rings. The van der Waals surface area contributed by atoms with Gasteiger partial charge in [-0.15, -0.1) is 0 Å². The standard InChI is InChI=1S/C18H17F3N2O3/c19-18(20,21)15-9-8-14(11-22-15)17(26)23(10-4-7-16(24)25)12-13-5-2-1-3-6-13/h1-3,5-6,8-9,11H,4,7,10,12H2,(H,24,25). The van der Waals surface area contributed by atoms with Crippen LogP contribution in [0.1, 0.15) is 34.5 Å². The summed E-state index contributed by atoms with van der Waals surface area (Å²) in [6.45, 7) is 0.390. The van der Waals surface area contributed by atoms with Crippen molar-refractivity contribution in [1.82, 2.24) is 9.88 Å². The Hall–Kier alpha value is -2.90. The van der Waals surface area contributed by atoms with Gasteiger partial charge in [0.1, 0.15) is 5.69 Å². The van der Waals surface area contributed by atoms with Crippen molar-refractivity contribution in [1.29, 1.82) is 0 Å². The topological polar surface area (TPSA) is 70.5 Å². The van der Waals surface area contributed by atoms with Crippen molar-refractivity contribution in [2.75, 3.05) is 6.54 Å². The lowest BCUT2D eigenvalue weighted by Crippen LogP contribution is -2.32. The van der Waals surface area contributed by atoms with Crippen molar-refractivity contribution < 1.29 is 27.9 Å². The number of alkyl halides is 3. The van der Waals surface area contributed by atoms with Crippen LogP contribution in [0.5, 0.6) is 0 Å². The Kier molecular flexibility index (Phi) is 6.32. The maximum Gasteiger partial charge on any atom is 0.433 e. The minimum atomic E-state index is -4.58. The third-order valence-corrected chi connectivity index (χ3v) is 3.62. The third-order valence-electron chi connectivity index (χ3n) is 3.62. The average Bonchev–Trinajstić information content (AvgIpc) is 2.60. The van der Waals surface area contributed by atoms with E-state index in [1.54, 1.807) is 12.1 Å². The first kappa shape index (κ1) is 19.4. The monoisotopic (exact) mass is 366 g/mol. The van der Waals surface area contributed by atoms with Crippen LogP contribution in [0.2, 0.25) is 0 Å². The number of carbonyl (C=O) groups excluding carboxylic acids is 1. The van der Waals surface area contributed by atoms with Crippen LogP contribution in [0.4, 0.5) is 13.2 Å². The molecule has 0 saturated carbocycles. The van der Waals surface area contributed by atoms with Gasteiger partial charge in [-0.05, 0) is 24.1 Å². The van der Waals surface area contributed by atoms with E-state index in [0.717, 1.165) is 23.9 Å². The number of carboxylic acid groups (broad SMARTS) is 1. The van der Waals surface area contributed by atoms with Gasteiger partial charge in [-0.3, -0.25) is 14.6 Å². The van der Waals surface area contributed by atoms with Crippen LogP contribution in [0.3, 0.4) is 0 Å². The molecule has 26 heavy (non-hydrogen) atoms. The Morgan fingerprint density at radius 3 is 2.31 bits per heavy atom. The first-order chi connectivity index (χ1) is 12.3. The van der Waals surface area contributed by atoms with Gasteiger partial charge in [-0.1, -0.05) is 30.3 Å². The zero-order valence-electron chi connectivity index (χ0n) is 13.7. The quantitative estimate of drug-likeness (QED) is 0.813. The molecule has 5 nitrogen and oxygen atoms in total. The number of carbonyl (C=O) groups is 2. The van der Waals surface area contributed by atoms with Crippen molar-refractivity contribution in [2.45, 2.75) is 25.6 Å². The molecule has 0 bridgehead atoms. The lowest BCUT2D eigenvalue weighted by molar-refractivity contribution is -0.141. The Morgan fingerprint density at radius 1 is 1.08 bits per heavy atom. The zero-order valence-corrected chi connectivity index (χ0v) is 13.7. The van der Waals surface area contributed by atoms with Crippen molar-refractivity contribution in [2.24, 2.45) is 0 Å². The highest BCUT2D eigenvalue weighted by atomic mass is 19.4. The summed E-state index contributed by atoms with van der Waals surface area (Å²) in [5.41, 5.74) is -0.227. The highest BCUT2D eigenvalue weighted by Gasteiger charge is 2.32. The maximum atomic E-state index is 12.6.